The van der Waals surface area contributed by atoms with E-state index in [1.165, 1.54) is 37.5 Å². The number of rotatable bonds is 3. The van der Waals surface area contributed by atoms with Crippen LogP contribution < -0.4 is 4.74 Å². The number of hydrogen-bond acceptors (Lipinski definition) is 6. The summed E-state index contributed by atoms with van der Waals surface area (Å²) < 4.78 is 10.7. The Morgan fingerprint density at radius 2 is 1.88 bits per heavy atom. The standard InChI is InChI=1S/C18H16O6/c1-23-17-8-10(6-14(21)18(17)22)7-16-13(20)9-15(24-16)11-2-4-12(19)5-3-11/h2-8,15,19,21-22H,9H2,1H3/b16-7+. The highest BCUT2D eigenvalue weighted by molar-refractivity contribution is 5.99. The van der Waals surface area contributed by atoms with Crippen LogP contribution in [0, 0.1) is 0 Å². The number of aromatic hydroxyl groups is 3. The summed E-state index contributed by atoms with van der Waals surface area (Å²) >= 11 is 0. The van der Waals surface area contributed by atoms with Crippen LogP contribution in [-0.4, -0.2) is 28.2 Å². The molecule has 24 heavy (non-hydrogen) atoms. The molecule has 0 saturated carbocycles. The molecular weight excluding hydrogens is 312 g/mol. The molecule has 6 heteroatoms. The van der Waals surface area contributed by atoms with Crippen LogP contribution in [-0.2, 0) is 9.53 Å². The van der Waals surface area contributed by atoms with Gasteiger partial charge < -0.3 is 24.8 Å². The zero-order valence-corrected chi connectivity index (χ0v) is 12.9. The fourth-order valence-electron chi connectivity index (χ4n) is 2.52. The number of hydrogen-bond donors (Lipinski definition) is 3. The van der Waals surface area contributed by atoms with E-state index < -0.39 is 6.10 Å². The van der Waals surface area contributed by atoms with E-state index in [9.17, 15) is 20.1 Å². The molecule has 0 bridgehead atoms. The van der Waals surface area contributed by atoms with Crippen molar-refractivity contribution < 1.29 is 29.6 Å². The van der Waals surface area contributed by atoms with Crippen molar-refractivity contribution in [3.8, 4) is 23.0 Å². The number of phenols is 3. The van der Waals surface area contributed by atoms with Crippen LogP contribution in [0.3, 0.4) is 0 Å². The van der Waals surface area contributed by atoms with Crippen molar-refractivity contribution in [3.05, 3.63) is 53.3 Å². The maximum Gasteiger partial charge on any atom is 0.201 e. The molecule has 2 aromatic rings. The number of carbonyl (C=O) groups is 1. The van der Waals surface area contributed by atoms with Crippen molar-refractivity contribution in [2.24, 2.45) is 0 Å². The topological polar surface area (TPSA) is 96.2 Å². The van der Waals surface area contributed by atoms with Gasteiger partial charge in [0.2, 0.25) is 11.5 Å². The van der Waals surface area contributed by atoms with Crippen LogP contribution in [0.25, 0.3) is 6.08 Å². The molecule has 0 radical (unpaired) electrons. The molecule has 1 atom stereocenters. The number of carbonyl (C=O) groups excluding carboxylic acids is 1. The summed E-state index contributed by atoms with van der Waals surface area (Å²) in [5.41, 5.74) is 1.26. The maximum absolute atomic E-state index is 12.1. The number of methoxy groups -OCH3 is 1. The summed E-state index contributed by atoms with van der Waals surface area (Å²) in [7, 11) is 1.36. The lowest BCUT2D eigenvalue weighted by Gasteiger charge is -2.10. The van der Waals surface area contributed by atoms with Crippen LogP contribution in [0.2, 0.25) is 0 Å². The monoisotopic (exact) mass is 328 g/mol. The quantitative estimate of drug-likeness (QED) is 0.592. The van der Waals surface area contributed by atoms with Gasteiger partial charge in [0.25, 0.3) is 0 Å². The van der Waals surface area contributed by atoms with E-state index in [2.05, 4.69) is 0 Å². The highest BCUT2D eigenvalue weighted by Gasteiger charge is 2.30. The molecule has 0 aromatic heterocycles. The molecule has 1 unspecified atom stereocenters. The minimum Gasteiger partial charge on any atom is -0.508 e. The molecule has 6 nitrogen and oxygen atoms in total. The van der Waals surface area contributed by atoms with E-state index >= 15 is 0 Å². The van der Waals surface area contributed by atoms with Gasteiger partial charge in [0.15, 0.2) is 17.3 Å². The van der Waals surface area contributed by atoms with Gasteiger partial charge in [-0.1, -0.05) is 12.1 Å². The molecule has 0 amide bonds. The van der Waals surface area contributed by atoms with Gasteiger partial charge in [0, 0.05) is 0 Å². The van der Waals surface area contributed by atoms with Gasteiger partial charge in [-0.25, -0.2) is 0 Å². The highest BCUT2D eigenvalue weighted by Crippen LogP contribution is 2.38. The summed E-state index contributed by atoms with van der Waals surface area (Å²) in [5.74, 6) is -0.463. The Labute approximate surface area is 138 Å². The first-order valence-corrected chi connectivity index (χ1v) is 7.28. The van der Waals surface area contributed by atoms with Crippen LogP contribution >= 0.6 is 0 Å². The van der Waals surface area contributed by atoms with E-state index in [0.717, 1.165) is 5.56 Å². The van der Waals surface area contributed by atoms with Gasteiger partial charge in [-0.05, 0) is 41.5 Å². The third-order valence-electron chi connectivity index (χ3n) is 3.77. The average Bonchev–Trinajstić information content (AvgIpc) is 2.92. The Kier molecular flexibility index (Phi) is 4.04. The van der Waals surface area contributed by atoms with Gasteiger partial charge in [0.05, 0.1) is 13.5 Å². The fourth-order valence-corrected chi connectivity index (χ4v) is 2.52. The number of Topliss-reactive ketones (excluding diaryl/α,β-unsaturated/α-hetero) is 1. The van der Waals surface area contributed by atoms with Crippen LogP contribution in [0.15, 0.2) is 42.2 Å². The van der Waals surface area contributed by atoms with Crippen LogP contribution in [0.4, 0.5) is 0 Å². The molecule has 3 N–H and O–H groups in total. The van der Waals surface area contributed by atoms with Crippen molar-refractivity contribution in [3.63, 3.8) is 0 Å². The van der Waals surface area contributed by atoms with Crippen LogP contribution in [0.5, 0.6) is 23.0 Å². The highest BCUT2D eigenvalue weighted by atomic mass is 16.5. The summed E-state index contributed by atoms with van der Waals surface area (Å²) in [6, 6.07) is 9.28. The summed E-state index contributed by atoms with van der Waals surface area (Å²) in [5, 5.41) is 28.7. The van der Waals surface area contributed by atoms with Gasteiger partial charge in [0.1, 0.15) is 11.9 Å². The predicted molar refractivity (Wildman–Crippen MR) is 85.9 cm³/mol. The molecule has 2 aromatic carbocycles. The second kappa shape index (κ2) is 6.16. The van der Waals surface area contributed by atoms with Crippen molar-refractivity contribution in [2.45, 2.75) is 12.5 Å². The van der Waals surface area contributed by atoms with Crippen molar-refractivity contribution in [2.75, 3.05) is 7.11 Å². The number of allylic oxidation sites excluding steroid dienone is 1. The number of benzene rings is 2. The Balaban J connectivity index is 1.87. The molecular formula is C18H16O6. The minimum atomic E-state index is -0.419. The number of phenolic OH excluding ortho intramolecular Hbond substituents is 3. The molecule has 124 valence electrons. The summed E-state index contributed by atoms with van der Waals surface area (Å²) in [6.45, 7) is 0. The second-order valence-electron chi connectivity index (χ2n) is 5.42. The van der Waals surface area contributed by atoms with E-state index in [0.29, 0.717) is 5.56 Å². The second-order valence-corrected chi connectivity index (χ2v) is 5.42. The molecule has 1 aliphatic heterocycles. The molecule has 0 spiro atoms. The third kappa shape index (κ3) is 2.99. The van der Waals surface area contributed by atoms with Gasteiger partial charge >= 0.3 is 0 Å². The first-order valence-electron chi connectivity index (χ1n) is 7.28. The van der Waals surface area contributed by atoms with E-state index in [4.69, 9.17) is 9.47 Å². The Morgan fingerprint density at radius 1 is 1.17 bits per heavy atom. The van der Waals surface area contributed by atoms with E-state index in [-0.39, 0.29) is 41.0 Å². The normalized spacial score (nSPS) is 18.6. The third-order valence-corrected chi connectivity index (χ3v) is 3.77. The van der Waals surface area contributed by atoms with Gasteiger partial charge in [-0.2, -0.15) is 0 Å². The number of ether oxygens (including phenoxy) is 2. The van der Waals surface area contributed by atoms with Crippen molar-refractivity contribution >= 4 is 11.9 Å². The maximum atomic E-state index is 12.1. The summed E-state index contributed by atoms with van der Waals surface area (Å²) in [6.07, 6.45) is 1.26. The zero-order chi connectivity index (χ0) is 17.3. The van der Waals surface area contributed by atoms with Crippen molar-refractivity contribution in [1.82, 2.24) is 0 Å². The fraction of sp³-hybridized carbons (Fsp3) is 0.167. The molecule has 3 rings (SSSR count). The predicted octanol–water partition coefficient (Wildman–Crippen LogP) is 2.88. The first-order chi connectivity index (χ1) is 11.5. The lowest BCUT2D eigenvalue weighted by molar-refractivity contribution is -0.115. The first kappa shape index (κ1) is 15.7. The zero-order valence-electron chi connectivity index (χ0n) is 12.9. The SMILES string of the molecule is COc1cc(/C=C2/OC(c3ccc(O)cc3)CC2=O)cc(O)c1O. The lowest BCUT2D eigenvalue weighted by atomic mass is 10.1. The van der Waals surface area contributed by atoms with Gasteiger partial charge in [-0.3, -0.25) is 4.79 Å². The molecule has 0 aliphatic carbocycles. The molecule has 1 fully saturated rings. The smallest absolute Gasteiger partial charge is 0.201 e. The number of ketones is 1. The van der Waals surface area contributed by atoms with Crippen molar-refractivity contribution in [1.29, 1.82) is 0 Å². The Bertz CT molecular complexity index is 807. The Hall–Kier alpha value is -3.15. The van der Waals surface area contributed by atoms with Gasteiger partial charge in [-0.15, -0.1) is 0 Å². The molecule has 1 aliphatic rings. The van der Waals surface area contributed by atoms with Crippen LogP contribution in [0.1, 0.15) is 23.7 Å². The summed E-state index contributed by atoms with van der Waals surface area (Å²) in [4.78, 5) is 12.1. The minimum absolute atomic E-state index is 0.0994. The average molecular weight is 328 g/mol. The van der Waals surface area contributed by atoms with E-state index in [1.54, 1.807) is 12.1 Å². The van der Waals surface area contributed by atoms with E-state index in [1.807, 2.05) is 0 Å². The molecule has 1 saturated heterocycles. The lowest BCUT2D eigenvalue weighted by Crippen LogP contribution is -1.94. The Morgan fingerprint density at radius 3 is 2.54 bits per heavy atom. The largest absolute Gasteiger partial charge is 0.508 e. The molecule has 1 heterocycles.